The second-order valence-electron chi connectivity index (χ2n) is 9.50. The summed E-state index contributed by atoms with van der Waals surface area (Å²) in [6.07, 6.45) is 8.79. The molecule has 0 unspecified atom stereocenters. The topological polar surface area (TPSA) is 78.2 Å². The van der Waals surface area contributed by atoms with Gasteiger partial charge in [-0.3, -0.25) is 4.90 Å². The molecule has 3 N–H and O–H groups in total. The van der Waals surface area contributed by atoms with Crippen molar-refractivity contribution in [2.24, 2.45) is 0 Å². The maximum Gasteiger partial charge on any atom is 0.224 e. The summed E-state index contributed by atoms with van der Waals surface area (Å²) in [6.45, 7) is 8.31. The first-order valence-electron chi connectivity index (χ1n) is 12.5. The van der Waals surface area contributed by atoms with Crippen LogP contribution >= 0.6 is 0 Å². The summed E-state index contributed by atoms with van der Waals surface area (Å²) in [7, 11) is 0. The van der Waals surface area contributed by atoms with E-state index < -0.39 is 0 Å². The first kappa shape index (κ1) is 22.3. The van der Waals surface area contributed by atoms with Gasteiger partial charge in [-0.2, -0.15) is 4.98 Å². The fraction of sp³-hybridized carbons (Fsp3) is 0.538. The van der Waals surface area contributed by atoms with Gasteiger partial charge in [0, 0.05) is 68.7 Å². The Morgan fingerprint density at radius 1 is 1.15 bits per heavy atom. The van der Waals surface area contributed by atoms with Gasteiger partial charge in [-0.05, 0) is 49.3 Å². The third-order valence-electron chi connectivity index (χ3n) is 7.02. The van der Waals surface area contributed by atoms with Crippen molar-refractivity contribution < 1.29 is 5.11 Å². The van der Waals surface area contributed by atoms with E-state index in [1.165, 1.54) is 16.7 Å². The highest BCUT2D eigenvalue weighted by molar-refractivity contribution is 5.94. The standard InChI is InChI=1S/C26H36N6O/c1-2-10-28-26-29-16-23-24(18-32(25(23)30-26)21-6-8-22(33)9-7-21)20-5-3-4-19(15-20)17-31-13-11-27-12-14-31/h3-5,15-16,18,21-22,27,33H,2,6-14,17H2,1H3,(H,28,29,30). The zero-order chi connectivity index (χ0) is 22.6. The van der Waals surface area contributed by atoms with Crippen LogP contribution in [0.25, 0.3) is 22.2 Å². The monoisotopic (exact) mass is 448 g/mol. The highest BCUT2D eigenvalue weighted by Crippen LogP contribution is 2.37. The maximum atomic E-state index is 10.0. The fourth-order valence-corrected chi connectivity index (χ4v) is 5.16. The van der Waals surface area contributed by atoms with Crippen LogP contribution in [-0.2, 0) is 6.54 Å². The number of hydrogen-bond donors (Lipinski definition) is 3. The van der Waals surface area contributed by atoms with Crippen molar-refractivity contribution >= 4 is 17.0 Å². The van der Waals surface area contributed by atoms with Crippen LogP contribution in [0.4, 0.5) is 5.95 Å². The van der Waals surface area contributed by atoms with Gasteiger partial charge < -0.3 is 20.3 Å². The first-order valence-corrected chi connectivity index (χ1v) is 12.5. The SMILES string of the molecule is CCCNc1ncc2c(-c3cccc(CN4CCNCC4)c3)cn(C3CCC(O)CC3)c2n1. The van der Waals surface area contributed by atoms with E-state index in [-0.39, 0.29) is 6.10 Å². The Hall–Kier alpha value is -2.48. The van der Waals surface area contributed by atoms with Crippen molar-refractivity contribution in [3.05, 3.63) is 42.2 Å². The quantitative estimate of drug-likeness (QED) is 0.510. The van der Waals surface area contributed by atoms with Gasteiger partial charge >= 0.3 is 0 Å². The van der Waals surface area contributed by atoms with Crippen molar-refractivity contribution in [2.45, 2.75) is 57.7 Å². The molecule has 0 atom stereocenters. The number of fused-ring (bicyclic) bond motifs is 1. The molecular weight excluding hydrogens is 412 g/mol. The highest BCUT2D eigenvalue weighted by atomic mass is 16.3. The molecule has 0 bridgehead atoms. The molecule has 3 heterocycles. The molecule has 7 heteroatoms. The average molecular weight is 449 g/mol. The lowest BCUT2D eigenvalue weighted by atomic mass is 9.93. The van der Waals surface area contributed by atoms with E-state index in [1.54, 1.807) is 0 Å². The molecule has 1 aliphatic heterocycles. The molecule has 2 aliphatic rings. The number of hydrogen-bond acceptors (Lipinski definition) is 6. The molecule has 176 valence electrons. The summed E-state index contributed by atoms with van der Waals surface area (Å²) in [5.74, 6) is 0.693. The highest BCUT2D eigenvalue weighted by Gasteiger charge is 2.24. The van der Waals surface area contributed by atoms with Gasteiger partial charge in [0.2, 0.25) is 5.95 Å². The van der Waals surface area contributed by atoms with Gasteiger partial charge in [-0.1, -0.05) is 25.1 Å². The predicted molar refractivity (Wildman–Crippen MR) is 133 cm³/mol. The number of aliphatic hydroxyl groups excluding tert-OH is 1. The van der Waals surface area contributed by atoms with E-state index in [4.69, 9.17) is 4.98 Å². The van der Waals surface area contributed by atoms with Crippen molar-refractivity contribution in [2.75, 3.05) is 38.0 Å². The number of nitrogens with one attached hydrogen (secondary N) is 2. The summed E-state index contributed by atoms with van der Waals surface area (Å²) < 4.78 is 2.35. The van der Waals surface area contributed by atoms with Crippen LogP contribution in [-0.4, -0.2) is 63.4 Å². The first-order chi connectivity index (χ1) is 16.2. The zero-order valence-electron chi connectivity index (χ0n) is 19.6. The van der Waals surface area contributed by atoms with Crippen molar-refractivity contribution in [1.82, 2.24) is 24.8 Å². The molecule has 2 fully saturated rings. The zero-order valence-corrected chi connectivity index (χ0v) is 19.6. The van der Waals surface area contributed by atoms with Crippen LogP contribution in [0.2, 0.25) is 0 Å². The molecule has 1 aliphatic carbocycles. The van der Waals surface area contributed by atoms with E-state index in [2.05, 4.69) is 62.5 Å². The average Bonchev–Trinajstić information content (AvgIpc) is 3.23. The molecule has 1 saturated carbocycles. The molecule has 3 aromatic rings. The lowest BCUT2D eigenvalue weighted by molar-refractivity contribution is 0.111. The second-order valence-corrected chi connectivity index (χ2v) is 9.50. The molecule has 1 saturated heterocycles. The van der Waals surface area contributed by atoms with Crippen molar-refractivity contribution in [3.63, 3.8) is 0 Å². The minimum atomic E-state index is -0.166. The van der Waals surface area contributed by atoms with Gasteiger partial charge in [0.15, 0.2) is 0 Å². The third kappa shape index (κ3) is 5.05. The van der Waals surface area contributed by atoms with E-state index in [0.29, 0.717) is 12.0 Å². The minimum Gasteiger partial charge on any atom is -0.393 e. The molecule has 0 radical (unpaired) electrons. The van der Waals surface area contributed by atoms with Gasteiger partial charge in [0.05, 0.1) is 6.10 Å². The van der Waals surface area contributed by atoms with Crippen LogP contribution in [0.15, 0.2) is 36.7 Å². The minimum absolute atomic E-state index is 0.166. The Morgan fingerprint density at radius 2 is 1.97 bits per heavy atom. The number of aliphatic hydroxyl groups is 1. The Morgan fingerprint density at radius 3 is 2.76 bits per heavy atom. The molecule has 0 amide bonds. The summed E-state index contributed by atoms with van der Waals surface area (Å²) >= 11 is 0. The number of nitrogens with zero attached hydrogens (tertiary/aromatic N) is 4. The lowest BCUT2D eigenvalue weighted by Gasteiger charge is -2.27. The van der Waals surface area contributed by atoms with Gasteiger partial charge in [-0.25, -0.2) is 4.98 Å². The van der Waals surface area contributed by atoms with Crippen molar-refractivity contribution in [3.8, 4) is 11.1 Å². The molecular formula is C26H36N6O. The van der Waals surface area contributed by atoms with Gasteiger partial charge in [0.1, 0.15) is 5.65 Å². The molecule has 33 heavy (non-hydrogen) atoms. The van der Waals surface area contributed by atoms with Crippen LogP contribution in [0.5, 0.6) is 0 Å². The summed E-state index contributed by atoms with van der Waals surface area (Å²) in [6, 6.07) is 9.30. The Bertz CT molecular complexity index is 1070. The van der Waals surface area contributed by atoms with Crippen LogP contribution < -0.4 is 10.6 Å². The molecule has 2 aromatic heterocycles. The Labute approximate surface area is 196 Å². The summed E-state index contributed by atoms with van der Waals surface area (Å²) in [4.78, 5) is 12.1. The smallest absolute Gasteiger partial charge is 0.224 e. The lowest BCUT2D eigenvalue weighted by Crippen LogP contribution is -2.42. The van der Waals surface area contributed by atoms with E-state index in [1.807, 2.05) is 6.20 Å². The second kappa shape index (κ2) is 10.2. The molecule has 1 aromatic carbocycles. The molecule has 7 nitrogen and oxygen atoms in total. The Balaban J connectivity index is 1.50. The van der Waals surface area contributed by atoms with Gasteiger partial charge in [0.25, 0.3) is 0 Å². The number of benzene rings is 1. The van der Waals surface area contributed by atoms with Crippen LogP contribution in [0.1, 0.15) is 50.6 Å². The van der Waals surface area contributed by atoms with Crippen LogP contribution in [0.3, 0.4) is 0 Å². The van der Waals surface area contributed by atoms with Crippen LogP contribution in [0, 0.1) is 0 Å². The third-order valence-corrected chi connectivity index (χ3v) is 7.02. The normalized spacial score (nSPS) is 22.0. The maximum absolute atomic E-state index is 10.0. The number of piperazine rings is 1. The number of rotatable bonds is 7. The van der Waals surface area contributed by atoms with E-state index in [9.17, 15) is 5.11 Å². The Kier molecular flexibility index (Phi) is 6.90. The number of aromatic nitrogens is 3. The summed E-state index contributed by atoms with van der Waals surface area (Å²) in [5, 5.41) is 17.9. The predicted octanol–water partition coefficient (Wildman–Crippen LogP) is 3.80. The number of anilines is 1. The molecule has 5 rings (SSSR count). The van der Waals surface area contributed by atoms with Gasteiger partial charge in [-0.15, -0.1) is 0 Å². The van der Waals surface area contributed by atoms with E-state index >= 15 is 0 Å². The van der Waals surface area contributed by atoms with Crippen molar-refractivity contribution in [1.29, 1.82) is 0 Å². The van der Waals surface area contributed by atoms with E-state index in [0.717, 1.165) is 82.4 Å². The summed E-state index contributed by atoms with van der Waals surface area (Å²) in [5.41, 5.74) is 4.76. The largest absolute Gasteiger partial charge is 0.393 e. The molecule has 0 spiro atoms. The fourth-order valence-electron chi connectivity index (χ4n) is 5.16.